The number of hydrogen-bond acceptors (Lipinski definition) is 7. The zero-order chi connectivity index (χ0) is 22.8. The molecule has 0 spiro atoms. The van der Waals surface area contributed by atoms with Crippen molar-refractivity contribution in [1.29, 1.82) is 0 Å². The van der Waals surface area contributed by atoms with Crippen LogP contribution in [-0.2, 0) is 14.3 Å². The van der Waals surface area contributed by atoms with Gasteiger partial charge in [0.05, 0.1) is 4.24 Å². The van der Waals surface area contributed by atoms with E-state index in [1.54, 1.807) is 25.1 Å². The maximum Gasteiger partial charge on any atom is 0.373 e. The fourth-order valence-electron chi connectivity index (χ4n) is 2.50. The number of hydrogen-bond donors (Lipinski definition) is 0. The second kappa shape index (κ2) is 12.3. The third-order valence-corrected chi connectivity index (χ3v) is 6.50. The molecule has 1 aromatic heterocycles. The van der Waals surface area contributed by atoms with E-state index in [0.29, 0.717) is 4.64 Å². The molecule has 0 amide bonds. The van der Waals surface area contributed by atoms with Crippen LogP contribution < -0.4 is 4.84 Å². The molecule has 1 heterocycles. The Morgan fingerprint density at radius 2 is 1.50 bits per heavy atom. The Hall–Kier alpha value is -2.81. The topological polar surface area (TPSA) is 57.5 Å². The summed E-state index contributed by atoms with van der Waals surface area (Å²) in [5.74, 6) is -1.31. The zero-order valence-corrected chi connectivity index (χ0v) is 19.7. The van der Waals surface area contributed by atoms with Crippen LogP contribution in [0.25, 0.3) is 0 Å². The van der Waals surface area contributed by atoms with Crippen LogP contribution in [-0.4, -0.2) is 22.8 Å². The van der Waals surface area contributed by atoms with Crippen molar-refractivity contribution in [2.45, 2.75) is 29.2 Å². The van der Waals surface area contributed by atoms with Crippen molar-refractivity contribution in [2.24, 2.45) is 0 Å². The van der Waals surface area contributed by atoms with Gasteiger partial charge in [0.15, 0.2) is 0 Å². The summed E-state index contributed by atoms with van der Waals surface area (Å²) in [4.78, 5) is 32.4. The third-order valence-electron chi connectivity index (χ3n) is 4.03. The van der Waals surface area contributed by atoms with E-state index in [9.17, 15) is 9.59 Å². The molecule has 3 aromatic rings. The average molecular weight is 484 g/mol. The molecule has 0 aliphatic carbocycles. The lowest BCUT2D eigenvalue weighted by Gasteiger charge is -2.15. The summed E-state index contributed by atoms with van der Waals surface area (Å²) in [5.41, 5.74) is 0. The summed E-state index contributed by atoms with van der Waals surface area (Å²) in [6.45, 7) is 1.74. The number of thioether (sulfide) groups is 2. The van der Waals surface area contributed by atoms with E-state index >= 15 is 0 Å². The van der Waals surface area contributed by atoms with Gasteiger partial charge in [0.2, 0.25) is 6.10 Å². The first kappa shape index (κ1) is 23.8. The minimum atomic E-state index is -1.05. The summed E-state index contributed by atoms with van der Waals surface area (Å²) in [6, 6.07) is 24.5. The molecular formula is C24H21NO4S3. The fraction of sp³-hybridized carbons (Fsp3) is 0.125. The Kier molecular flexibility index (Phi) is 9.15. The molecule has 1 unspecified atom stereocenters. The molecule has 0 saturated heterocycles. The van der Waals surface area contributed by atoms with Gasteiger partial charge in [0, 0.05) is 22.1 Å². The Morgan fingerprint density at radius 1 is 0.938 bits per heavy atom. The second-order valence-electron chi connectivity index (χ2n) is 6.40. The van der Waals surface area contributed by atoms with Gasteiger partial charge in [-0.3, -0.25) is 0 Å². The van der Waals surface area contributed by atoms with Crippen molar-refractivity contribution >= 4 is 47.7 Å². The van der Waals surface area contributed by atoms with Gasteiger partial charge in [-0.25, -0.2) is 9.59 Å². The van der Waals surface area contributed by atoms with E-state index in [-0.39, 0.29) is 6.42 Å². The molecule has 1 atom stereocenters. The Bertz CT molecular complexity index is 1090. The lowest BCUT2D eigenvalue weighted by molar-refractivity contribution is -0.165. The molecule has 0 aliphatic heterocycles. The molecule has 164 valence electrons. The number of esters is 1. The van der Waals surface area contributed by atoms with Crippen molar-refractivity contribution in [1.82, 2.24) is 4.73 Å². The highest BCUT2D eigenvalue weighted by Crippen LogP contribution is 2.39. The second-order valence-corrected chi connectivity index (χ2v) is 9.31. The number of pyridine rings is 1. The van der Waals surface area contributed by atoms with Crippen LogP contribution >= 0.6 is 35.7 Å². The van der Waals surface area contributed by atoms with Crippen LogP contribution in [0.4, 0.5) is 0 Å². The smallest absolute Gasteiger partial charge is 0.373 e. The third kappa shape index (κ3) is 7.40. The van der Waals surface area contributed by atoms with Crippen LogP contribution in [0.15, 0.2) is 105 Å². The van der Waals surface area contributed by atoms with Crippen LogP contribution in [0.1, 0.15) is 13.3 Å². The zero-order valence-electron chi connectivity index (χ0n) is 17.2. The largest absolute Gasteiger partial charge is 0.447 e. The summed E-state index contributed by atoms with van der Waals surface area (Å²) in [6.07, 6.45) is 2.15. The summed E-state index contributed by atoms with van der Waals surface area (Å²) < 4.78 is 7.65. The number of rotatable bonds is 9. The lowest BCUT2D eigenvalue weighted by Crippen LogP contribution is -2.34. The first-order valence-electron chi connectivity index (χ1n) is 9.83. The first-order valence-corrected chi connectivity index (χ1v) is 11.9. The molecule has 0 bridgehead atoms. The quantitative estimate of drug-likeness (QED) is 0.162. The molecule has 32 heavy (non-hydrogen) atoms. The number of carbonyl (C=O) groups excluding carboxylic acids is 2. The molecule has 8 heteroatoms. The monoisotopic (exact) mass is 483 g/mol. The Labute approximate surface area is 200 Å². The predicted molar refractivity (Wildman–Crippen MR) is 130 cm³/mol. The number of benzene rings is 2. The highest BCUT2D eigenvalue weighted by molar-refractivity contribution is 8.22. The van der Waals surface area contributed by atoms with Gasteiger partial charge in [0.25, 0.3) is 0 Å². The number of ether oxygens (including phenoxy) is 1. The van der Waals surface area contributed by atoms with Gasteiger partial charge in [-0.2, -0.15) is 4.73 Å². The van der Waals surface area contributed by atoms with Gasteiger partial charge in [-0.05, 0) is 42.8 Å². The van der Waals surface area contributed by atoms with Crippen LogP contribution in [0.2, 0.25) is 0 Å². The molecular weight excluding hydrogens is 462 g/mol. The molecule has 3 rings (SSSR count). The SMILES string of the molecule is CCC(OC(=O)C=C(Sc1ccccc1)Sc1ccccc1)C(=O)On1ccccc1=S. The molecule has 5 nitrogen and oxygen atoms in total. The summed E-state index contributed by atoms with van der Waals surface area (Å²) >= 11 is 8.02. The summed E-state index contributed by atoms with van der Waals surface area (Å²) in [7, 11) is 0. The molecule has 0 N–H and O–H groups in total. The van der Waals surface area contributed by atoms with Crippen molar-refractivity contribution in [3.05, 3.63) is 100 Å². The van der Waals surface area contributed by atoms with E-state index in [0.717, 1.165) is 14.0 Å². The minimum Gasteiger partial charge on any atom is -0.447 e. The fourth-order valence-corrected chi connectivity index (χ4v) is 4.78. The number of carbonyl (C=O) groups is 2. The minimum absolute atomic E-state index is 0.269. The highest BCUT2D eigenvalue weighted by atomic mass is 32.2. The molecule has 2 aromatic carbocycles. The van der Waals surface area contributed by atoms with Gasteiger partial charge in [-0.15, -0.1) is 0 Å². The Balaban J connectivity index is 1.73. The van der Waals surface area contributed by atoms with Crippen LogP contribution in [0, 0.1) is 4.64 Å². The van der Waals surface area contributed by atoms with Crippen molar-refractivity contribution < 1.29 is 19.2 Å². The van der Waals surface area contributed by atoms with E-state index < -0.39 is 18.0 Å². The lowest BCUT2D eigenvalue weighted by atomic mass is 10.3. The normalized spacial score (nSPS) is 11.3. The predicted octanol–water partition coefficient (Wildman–Crippen LogP) is 5.92. The average Bonchev–Trinajstić information content (AvgIpc) is 2.80. The van der Waals surface area contributed by atoms with E-state index in [4.69, 9.17) is 21.8 Å². The van der Waals surface area contributed by atoms with Crippen molar-refractivity contribution in [2.75, 3.05) is 0 Å². The number of aromatic nitrogens is 1. The van der Waals surface area contributed by atoms with Gasteiger partial charge < -0.3 is 9.57 Å². The van der Waals surface area contributed by atoms with E-state index in [2.05, 4.69) is 0 Å². The Morgan fingerprint density at radius 3 is 2.03 bits per heavy atom. The van der Waals surface area contributed by atoms with Crippen molar-refractivity contribution in [3.8, 4) is 0 Å². The van der Waals surface area contributed by atoms with Crippen LogP contribution in [0.3, 0.4) is 0 Å². The standard InChI is InChI=1S/C24H21NO4S3/c1-2-20(24(27)29-25-16-10-9-15-21(25)30)28-22(26)17-23(31-18-11-5-3-6-12-18)32-19-13-7-4-8-14-19/h3-17,20H,2H2,1H3. The number of nitrogens with zero attached hydrogens (tertiary/aromatic N) is 1. The van der Waals surface area contributed by atoms with Crippen LogP contribution in [0.5, 0.6) is 0 Å². The first-order chi connectivity index (χ1) is 15.5. The maximum absolute atomic E-state index is 12.7. The van der Waals surface area contributed by atoms with Gasteiger partial charge >= 0.3 is 11.9 Å². The van der Waals surface area contributed by atoms with Gasteiger partial charge in [-0.1, -0.05) is 85.1 Å². The molecule has 0 radical (unpaired) electrons. The maximum atomic E-state index is 12.7. The van der Waals surface area contributed by atoms with E-state index in [1.165, 1.54) is 40.5 Å². The highest BCUT2D eigenvalue weighted by Gasteiger charge is 2.23. The van der Waals surface area contributed by atoms with Gasteiger partial charge in [0.1, 0.15) is 4.64 Å². The summed E-state index contributed by atoms with van der Waals surface area (Å²) in [5, 5.41) is 0. The van der Waals surface area contributed by atoms with Crippen molar-refractivity contribution in [3.63, 3.8) is 0 Å². The van der Waals surface area contributed by atoms with E-state index in [1.807, 2.05) is 60.7 Å². The molecule has 0 saturated carbocycles. The molecule has 0 fully saturated rings. The molecule has 0 aliphatic rings.